The molecule has 2 rings (SSSR count). The highest BCUT2D eigenvalue weighted by Gasteiger charge is 2.14. The van der Waals surface area contributed by atoms with E-state index < -0.39 is 0 Å². The largest absolute Gasteiger partial charge is 0.493 e. The summed E-state index contributed by atoms with van der Waals surface area (Å²) in [6.45, 7) is 0.358. The molecule has 0 aromatic heterocycles. The number of hydrogen-bond acceptors (Lipinski definition) is 5. The van der Waals surface area contributed by atoms with Gasteiger partial charge in [0.15, 0.2) is 11.5 Å². The van der Waals surface area contributed by atoms with Crippen molar-refractivity contribution in [3.8, 4) is 17.2 Å². The zero-order valence-electron chi connectivity index (χ0n) is 14.5. The van der Waals surface area contributed by atoms with Gasteiger partial charge in [0.2, 0.25) is 5.75 Å². The van der Waals surface area contributed by atoms with Gasteiger partial charge in [0, 0.05) is 18.7 Å². The Labute approximate surface area is 146 Å². The average Bonchev–Trinajstić information content (AvgIpc) is 2.65. The zero-order chi connectivity index (χ0) is 18.2. The molecular formula is C18H22N2O5. The molecule has 2 amide bonds. The molecule has 0 unspecified atom stereocenters. The van der Waals surface area contributed by atoms with Gasteiger partial charge in [-0.1, -0.05) is 24.3 Å². The molecule has 25 heavy (non-hydrogen) atoms. The summed E-state index contributed by atoms with van der Waals surface area (Å²) in [6, 6.07) is 10.3. The van der Waals surface area contributed by atoms with Gasteiger partial charge in [-0.15, -0.1) is 0 Å². The fourth-order valence-corrected chi connectivity index (χ4v) is 2.27. The Morgan fingerprint density at radius 1 is 0.960 bits per heavy atom. The zero-order valence-corrected chi connectivity index (χ0v) is 14.5. The number of benzene rings is 2. The molecule has 0 heterocycles. The number of urea groups is 1. The molecule has 7 heteroatoms. The average molecular weight is 346 g/mol. The van der Waals surface area contributed by atoms with Crippen LogP contribution >= 0.6 is 0 Å². The van der Waals surface area contributed by atoms with E-state index in [-0.39, 0.29) is 12.6 Å². The first-order chi connectivity index (χ1) is 12.1. The Morgan fingerprint density at radius 2 is 1.52 bits per heavy atom. The van der Waals surface area contributed by atoms with E-state index in [9.17, 15) is 4.79 Å². The maximum absolute atomic E-state index is 12.1. The van der Waals surface area contributed by atoms with Crippen molar-refractivity contribution in [2.75, 3.05) is 26.6 Å². The summed E-state index contributed by atoms with van der Waals surface area (Å²) in [5.41, 5.74) is 2.27. The summed E-state index contributed by atoms with van der Waals surface area (Å²) in [5.74, 6) is 1.37. The molecule has 0 fully saturated rings. The Morgan fingerprint density at radius 3 is 2.00 bits per heavy atom. The molecule has 0 aliphatic rings. The van der Waals surface area contributed by atoms with Crippen molar-refractivity contribution in [1.29, 1.82) is 0 Å². The molecular weight excluding hydrogens is 324 g/mol. The number of ether oxygens (including phenoxy) is 3. The number of hydrogen-bond donors (Lipinski definition) is 3. The molecule has 0 spiro atoms. The van der Waals surface area contributed by atoms with E-state index in [0.717, 1.165) is 11.1 Å². The Bertz CT molecular complexity index is 691. The molecule has 0 atom stereocenters. The minimum Gasteiger partial charge on any atom is -0.493 e. The number of carbonyl (C=O) groups is 1. The van der Waals surface area contributed by atoms with Crippen LogP contribution in [-0.2, 0) is 13.2 Å². The molecule has 0 bridgehead atoms. The van der Waals surface area contributed by atoms with E-state index in [1.165, 1.54) is 21.3 Å². The predicted molar refractivity (Wildman–Crippen MR) is 94.3 cm³/mol. The number of carbonyl (C=O) groups excluding carboxylic acids is 1. The first kappa shape index (κ1) is 18.4. The summed E-state index contributed by atoms with van der Waals surface area (Å²) in [6.07, 6.45) is 0. The molecule has 7 nitrogen and oxygen atoms in total. The standard InChI is InChI=1S/C18H22N2O5/c1-23-15-8-14(9-16(24-2)17(15)25-3)20-18(22)19-10-12-4-6-13(11-21)7-5-12/h4-9,21H,10-11H2,1-3H3,(H2,19,20,22). The number of rotatable bonds is 7. The monoisotopic (exact) mass is 346 g/mol. The number of amides is 2. The third kappa shape index (κ3) is 4.77. The lowest BCUT2D eigenvalue weighted by Crippen LogP contribution is -2.28. The lowest BCUT2D eigenvalue weighted by molar-refractivity contribution is 0.251. The first-order valence-corrected chi connectivity index (χ1v) is 7.64. The number of aliphatic hydroxyl groups excluding tert-OH is 1. The highest BCUT2D eigenvalue weighted by Crippen LogP contribution is 2.39. The second-order valence-electron chi connectivity index (χ2n) is 5.20. The Kier molecular flexibility index (Phi) is 6.47. The third-order valence-electron chi connectivity index (χ3n) is 3.58. The normalized spacial score (nSPS) is 10.1. The lowest BCUT2D eigenvalue weighted by atomic mass is 10.1. The summed E-state index contributed by atoms with van der Waals surface area (Å²) in [4.78, 5) is 12.1. The van der Waals surface area contributed by atoms with Crippen molar-refractivity contribution in [3.05, 3.63) is 47.5 Å². The lowest BCUT2D eigenvalue weighted by Gasteiger charge is -2.15. The van der Waals surface area contributed by atoms with Gasteiger partial charge in [0.25, 0.3) is 0 Å². The van der Waals surface area contributed by atoms with Crippen molar-refractivity contribution in [2.24, 2.45) is 0 Å². The van der Waals surface area contributed by atoms with E-state index in [0.29, 0.717) is 29.5 Å². The van der Waals surface area contributed by atoms with Crippen molar-refractivity contribution >= 4 is 11.7 Å². The van der Waals surface area contributed by atoms with Crippen LogP contribution in [0.4, 0.5) is 10.5 Å². The summed E-state index contributed by atoms with van der Waals surface area (Å²) in [5, 5.41) is 14.5. The molecule has 0 aliphatic carbocycles. The van der Waals surface area contributed by atoms with E-state index in [1.807, 2.05) is 24.3 Å². The molecule has 134 valence electrons. The fourth-order valence-electron chi connectivity index (χ4n) is 2.27. The minimum absolute atomic E-state index is 0.00463. The topological polar surface area (TPSA) is 89.1 Å². The molecule has 0 saturated heterocycles. The van der Waals surface area contributed by atoms with Crippen LogP contribution in [0.1, 0.15) is 11.1 Å². The Balaban J connectivity index is 2.01. The highest BCUT2D eigenvalue weighted by molar-refractivity contribution is 5.90. The second kappa shape index (κ2) is 8.79. The first-order valence-electron chi connectivity index (χ1n) is 7.64. The van der Waals surface area contributed by atoms with Gasteiger partial charge in [0.1, 0.15) is 0 Å². The predicted octanol–water partition coefficient (Wildman–Crippen LogP) is 2.53. The van der Waals surface area contributed by atoms with Crippen molar-refractivity contribution in [1.82, 2.24) is 5.32 Å². The van der Waals surface area contributed by atoms with Crippen LogP contribution in [0.3, 0.4) is 0 Å². The third-order valence-corrected chi connectivity index (χ3v) is 3.58. The van der Waals surface area contributed by atoms with Crippen molar-refractivity contribution in [2.45, 2.75) is 13.2 Å². The summed E-state index contributed by atoms with van der Waals surface area (Å²) < 4.78 is 15.8. The second-order valence-corrected chi connectivity index (χ2v) is 5.20. The summed E-state index contributed by atoms with van der Waals surface area (Å²) >= 11 is 0. The minimum atomic E-state index is -0.361. The van der Waals surface area contributed by atoms with Crippen LogP contribution < -0.4 is 24.8 Å². The van der Waals surface area contributed by atoms with Crippen LogP contribution in [0, 0.1) is 0 Å². The van der Waals surface area contributed by atoms with Crippen LogP contribution in [0.25, 0.3) is 0 Å². The van der Waals surface area contributed by atoms with Crippen LogP contribution in [0.15, 0.2) is 36.4 Å². The number of methoxy groups -OCH3 is 3. The quantitative estimate of drug-likeness (QED) is 0.717. The van der Waals surface area contributed by atoms with Gasteiger partial charge in [-0.2, -0.15) is 0 Å². The van der Waals surface area contributed by atoms with E-state index in [2.05, 4.69) is 10.6 Å². The molecule has 2 aromatic carbocycles. The molecule has 3 N–H and O–H groups in total. The van der Waals surface area contributed by atoms with Gasteiger partial charge >= 0.3 is 6.03 Å². The van der Waals surface area contributed by atoms with Gasteiger partial charge in [0.05, 0.1) is 33.6 Å². The smallest absolute Gasteiger partial charge is 0.319 e. The van der Waals surface area contributed by atoms with Gasteiger partial charge in [-0.05, 0) is 11.1 Å². The Hall–Kier alpha value is -2.93. The van der Waals surface area contributed by atoms with Gasteiger partial charge in [-0.25, -0.2) is 4.79 Å². The van der Waals surface area contributed by atoms with Crippen LogP contribution in [0.5, 0.6) is 17.2 Å². The van der Waals surface area contributed by atoms with Gasteiger partial charge < -0.3 is 30.0 Å². The number of nitrogens with one attached hydrogen (secondary N) is 2. The maximum Gasteiger partial charge on any atom is 0.319 e. The highest BCUT2D eigenvalue weighted by atomic mass is 16.5. The van der Waals surface area contributed by atoms with E-state index in [1.54, 1.807) is 12.1 Å². The SMILES string of the molecule is COc1cc(NC(=O)NCc2ccc(CO)cc2)cc(OC)c1OC. The molecule has 0 aliphatic heterocycles. The van der Waals surface area contributed by atoms with E-state index in [4.69, 9.17) is 19.3 Å². The fraction of sp³-hybridized carbons (Fsp3) is 0.278. The van der Waals surface area contributed by atoms with Crippen LogP contribution in [-0.4, -0.2) is 32.5 Å². The summed E-state index contributed by atoms with van der Waals surface area (Å²) in [7, 11) is 4.54. The van der Waals surface area contributed by atoms with Gasteiger partial charge in [-0.3, -0.25) is 0 Å². The van der Waals surface area contributed by atoms with Crippen molar-refractivity contribution < 1.29 is 24.1 Å². The molecule has 0 radical (unpaired) electrons. The number of aliphatic hydroxyl groups is 1. The molecule has 2 aromatic rings. The number of anilines is 1. The van der Waals surface area contributed by atoms with Crippen molar-refractivity contribution in [3.63, 3.8) is 0 Å². The molecule has 0 saturated carbocycles. The van der Waals surface area contributed by atoms with E-state index >= 15 is 0 Å². The van der Waals surface area contributed by atoms with Crippen LogP contribution in [0.2, 0.25) is 0 Å². The maximum atomic E-state index is 12.1.